The van der Waals surface area contributed by atoms with E-state index in [2.05, 4.69) is 9.84 Å². The molecule has 0 aromatic carbocycles. The number of esters is 1. The molecule has 1 fully saturated rings. The number of hydrogen-bond acceptors (Lipinski definition) is 4. The molecule has 18 heavy (non-hydrogen) atoms. The Hall–Kier alpha value is -1.73. The van der Waals surface area contributed by atoms with E-state index < -0.39 is 23.8 Å². The van der Waals surface area contributed by atoms with Crippen LogP contribution in [0.4, 0.5) is 8.78 Å². The maximum Gasteiger partial charge on any atom is 0.303 e. The fourth-order valence-electron chi connectivity index (χ4n) is 1.61. The van der Waals surface area contributed by atoms with E-state index in [1.807, 2.05) is 0 Å². The lowest BCUT2D eigenvalue weighted by atomic mass is 10.1. The summed E-state index contributed by atoms with van der Waals surface area (Å²) in [5.41, 5.74) is 5.40. The van der Waals surface area contributed by atoms with Crippen LogP contribution in [-0.4, -0.2) is 41.3 Å². The zero-order valence-electron chi connectivity index (χ0n) is 10.2. The van der Waals surface area contributed by atoms with Crippen molar-refractivity contribution in [1.82, 2.24) is 5.01 Å². The van der Waals surface area contributed by atoms with Crippen LogP contribution in [0.1, 0.15) is 26.7 Å². The molecule has 0 saturated carbocycles. The second-order valence-corrected chi connectivity index (χ2v) is 4.12. The van der Waals surface area contributed by atoms with Crippen LogP contribution in [0.5, 0.6) is 0 Å². The molecule has 1 amide bonds. The van der Waals surface area contributed by atoms with Gasteiger partial charge < -0.3 is 10.5 Å². The van der Waals surface area contributed by atoms with Gasteiger partial charge in [0.1, 0.15) is 6.04 Å². The van der Waals surface area contributed by atoms with E-state index >= 15 is 0 Å². The molecular weight excluding hydrogens is 248 g/mol. The predicted molar refractivity (Wildman–Crippen MR) is 58.7 cm³/mol. The maximum absolute atomic E-state index is 13.2. The van der Waals surface area contributed by atoms with E-state index in [1.165, 1.54) is 6.92 Å². The summed E-state index contributed by atoms with van der Waals surface area (Å²) in [6, 6.07) is -1.30. The molecule has 0 spiro atoms. The first-order chi connectivity index (χ1) is 8.21. The topological polar surface area (TPSA) is 85.0 Å². The quantitative estimate of drug-likeness (QED) is 0.454. The Bertz CT molecular complexity index is 379. The van der Waals surface area contributed by atoms with Crippen LogP contribution in [0.2, 0.25) is 0 Å². The molecule has 1 unspecified atom stereocenters. The lowest BCUT2D eigenvalue weighted by Gasteiger charge is -2.25. The van der Waals surface area contributed by atoms with Gasteiger partial charge in [0, 0.05) is 20.3 Å². The Labute approximate surface area is 103 Å². The third-order valence-corrected chi connectivity index (χ3v) is 2.43. The van der Waals surface area contributed by atoms with Gasteiger partial charge in [0.2, 0.25) is 5.91 Å². The Balaban J connectivity index is 2.75. The van der Waals surface area contributed by atoms with Crippen molar-refractivity contribution < 1.29 is 23.1 Å². The van der Waals surface area contributed by atoms with Crippen LogP contribution in [0, 0.1) is 0 Å². The summed E-state index contributed by atoms with van der Waals surface area (Å²) in [5, 5.41) is 4.28. The first-order valence-electron chi connectivity index (χ1n) is 5.38. The largest absolute Gasteiger partial charge is 0.458 e. The molecule has 1 atom stereocenters. The molecule has 2 N–H and O–H groups in total. The monoisotopic (exact) mass is 263 g/mol. The Morgan fingerprint density at radius 1 is 1.67 bits per heavy atom. The average molecular weight is 263 g/mol. The molecule has 1 saturated heterocycles. The third kappa shape index (κ3) is 3.64. The van der Waals surface area contributed by atoms with E-state index in [9.17, 15) is 18.4 Å². The molecule has 1 aliphatic heterocycles. The van der Waals surface area contributed by atoms with Crippen LogP contribution in [0.15, 0.2) is 5.10 Å². The minimum atomic E-state index is -3.06. The Morgan fingerprint density at radius 2 is 2.28 bits per heavy atom. The lowest BCUT2D eigenvalue weighted by molar-refractivity contribution is -0.139. The number of alkyl halides is 2. The molecule has 0 aromatic rings. The molecule has 0 bridgehead atoms. The number of hydrogen-bond donors (Lipinski definition) is 1. The second kappa shape index (κ2) is 5.28. The molecule has 1 aliphatic rings. The van der Waals surface area contributed by atoms with Crippen LogP contribution in [0.3, 0.4) is 0 Å². The second-order valence-electron chi connectivity index (χ2n) is 4.12. The van der Waals surface area contributed by atoms with Gasteiger partial charge >= 0.3 is 5.97 Å². The van der Waals surface area contributed by atoms with Gasteiger partial charge in [0.05, 0.1) is 0 Å². The van der Waals surface area contributed by atoms with Crippen molar-refractivity contribution in [2.75, 3.05) is 6.61 Å². The fraction of sp³-hybridized carbons (Fsp3) is 0.700. The van der Waals surface area contributed by atoms with Crippen LogP contribution in [-0.2, 0) is 14.3 Å². The Morgan fingerprint density at radius 3 is 2.78 bits per heavy atom. The molecule has 8 heteroatoms. The summed E-state index contributed by atoms with van der Waals surface area (Å²) < 4.78 is 31.0. The Kier molecular flexibility index (Phi) is 4.20. The summed E-state index contributed by atoms with van der Waals surface area (Å²) in [6.45, 7) is 1.57. The van der Waals surface area contributed by atoms with Crippen molar-refractivity contribution in [1.29, 1.82) is 0 Å². The summed E-state index contributed by atoms with van der Waals surface area (Å²) in [6.07, 6.45) is 0.0190. The number of amidine groups is 1. The normalized spacial score (nSPS) is 21.3. The minimum absolute atomic E-state index is 0.00155. The number of ether oxygens (including phenoxy) is 1. The van der Waals surface area contributed by atoms with Gasteiger partial charge in [0.15, 0.2) is 12.4 Å². The van der Waals surface area contributed by atoms with Crippen LogP contribution < -0.4 is 5.73 Å². The lowest BCUT2D eigenvalue weighted by Crippen LogP contribution is -2.42. The summed E-state index contributed by atoms with van der Waals surface area (Å²) in [5.74, 6) is -4.35. The zero-order chi connectivity index (χ0) is 13.9. The number of hydrazone groups is 1. The van der Waals surface area contributed by atoms with E-state index in [-0.39, 0.29) is 25.3 Å². The van der Waals surface area contributed by atoms with Crippen molar-refractivity contribution in [2.24, 2.45) is 10.8 Å². The van der Waals surface area contributed by atoms with Crippen molar-refractivity contribution >= 4 is 17.7 Å². The smallest absolute Gasteiger partial charge is 0.303 e. The number of rotatable bonds is 4. The number of halogens is 2. The molecule has 0 aliphatic carbocycles. The van der Waals surface area contributed by atoms with Gasteiger partial charge in [-0.1, -0.05) is 0 Å². The van der Waals surface area contributed by atoms with Gasteiger partial charge in [-0.3, -0.25) is 9.59 Å². The van der Waals surface area contributed by atoms with E-state index in [1.54, 1.807) is 0 Å². The first-order valence-corrected chi connectivity index (χ1v) is 5.38. The van der Waals surface area contributed by atoms with Crippen molar-refractivity contribution in [3.8, 4) is 0 Å². The number of carbonyl (C=O) groups is 2. The SMILES string of the molecule is CC(=O)OCC(N)=NN1C(=O)CCC1C(C)(F)F. The molecule has 1 rings (SSSR count). The van der Waals surface area contributed by atoms with Gasteiger partial charge in [-0.2, -0.15) is 5.10 Å². The maximum atomic E-state index is 13.2. The highest BCUT2D eigenvalue weighted by Gasteiger charge is 2.45. The van der Waals surface area contributed by atoms with Crippen LogP contribution in [0.25, 0.3) is 0 Å². The number of nitrogens with zero attached hydrogens (tertiary/aromatic N) is 2. The summed E-state index contributed by atoms with van der Waals surface area (Å²) in [7, 11) is 0. The first kappa shape index (κ1) is 14.3. The molecule has 0 aromatic heterocycles. The average Bonchev–Trinajstić information content (AvgIpc) is 2.57. The molecule has 102 valence electrons. The fourth-order valence-corrected chi connectivity index (χ4v) is 1.61. The number of carbonyl (C=O) groups excluding carboxylic acids is 2. The van der Waals surface area contributed by atoms with Gasteiger partial charge in [-0.05, 0) is 6.42 Å². The van der Waals surface area contributed by atoms with Crippen molar-refractivity contribution in [2.45, 2.75) is 38.7 Å². The van der Waals surface area contributed by atoms with Gasteiger partial charge in [-0.25, -0.2) is 13.8 Å². The van der Waals surface area contributed by atoms with Crippen molar-refractivity contribution in [3.05, 3.63) is 0 Å². The van der Waals surface area contributed by atoms with Gasteiger partial charge in [-0.15, -0.1) is 0 Å². The highest BCUT2D eigenvalue weighted by Crippen LogP contribution is 2.31. The van der Waals surface area contributed by atoms with E-state index in [4.69, 9.17) is 5.73 Å². The zero-order valence-corrected chi connectivity index (χ0v) is 10.2. The molecular formula is C10H15F2N3O3. The molecule has 6 nitrogen and oxygen atoms in total. The van der Waals surface area contributed by atoms with E-state index in [0.29, 0.717) is 5.01 Å². The number of nitrogens with two attached hydrogens (primary N) is 1. The predicted octanol–water partition coefficient (Wildman–Crippen LogP) is 0.468. The van der Waals surface area contributed by atoms with Gasteiger partial charge in [0.25, 0.3) is 5.92 Å². The summed E-state index contributed by atoms with van der Waals surface area (Å²) >= 11 is 0. The standard InChI is InChI=1S/C10H15F2N3O3/c1-6(16)18-5-8(13)14-15-7(10(2,11)12)3-4-9(15)17/h7H,3-5H2,1-2H3,(H2,13,14). The highest BCUT2D eigenvalue weighted by atomic mass is 19.3. The van der Waals surface area contributed by atoms with Crippen LogP contribution >= 0.6 is 0 Å². The highest BCUT2D eigenvalue weighted by molar-refractivity contribution is 5.86. The van der Waals surface area contributed by atoms with Crippen molar-refractivity contribution in [3.63, 3.8) is 0 Å². The molecule has 0 radical (unpaired) electrons. The third-order valence-electron chi connectivity index (χ3n) is 2.43. The minimum Gasteiger partial charge on any atom is -0.458 e. The van der Waals surface area contributed by atoms with E-state index in [0.717, 1.165) is 6.92 Å². The summed E-state index contributed by atoms with van der Waals surface area (Å²) in [4.78, 5) is 22.0. The molecule has 1 heterocycles. The number of amides is 1.